The second kappa shape index (κ2) is 6.61. The highest BCUT2D eigenvalue weighted by Crippen LogP contribution is 2.34. The standard InChI is InChI=1S/C15H9F5N4O2S/c16-10-2-3-11(17)14(6-10)27(25,26)23-12-5-9(15(18,19)20)1-4-13(12)24-8-21-7-22-24/h1-8,23H. The third-order valence-corrected chi connectivity index (χ3v) is 4.80. The van der Waals surface area contributed by atoms with E-state index in [4.69, 9.17) is 0 Å². The van der Waals surface area contributed by atoms with E-state index in [9.17, 15) is 30.4 Å². The lowest BCUT2D eigenvalue weighted by molar-refractivity contribution is -0.137. The van der Waals surface area contributed by atoms with Crippen LogP contribution in [0.2, 0.25) is 0 Å². The lowest BCUT2D eigenvalue weighted by Crippen LogP contribution is -2.17. The second-order valence-corrected chi connectivity index (χ2v) is 6.90. The van der Waals surface area contributed by atoms with Crippen molar-refractivity contribution in [1.29, 1.82) is 0 Å². The summed E-state index contributed by atoms with van der Waals surface area (Å²) in [5.41, 5.74) is -1.79. The zero-order valence-corrected chi connectivity index (χ0v) is 13.9. The maximum atomic E-state index is 13.8. The molecule has 0 radical (unpaired) electrons. The van der Waals surface area contributed by atoms with Crippen molar-refractivity contribution >= 4 is 15.7 Å². The van der Waals surface area contributed by atoms with Crippen LogP contribution in [0.4, 0.5) is 27.6 Å². The first-order chi connectivity index (χ1) is 12.6. The van der Waals surface area contributed by atoms with Crippen molar-refractivity contribution in [3.05, 3.63) is 66.3 Å². The molecule has 0 aliphatic heterocycles. The molecule has 12 heteroatoms. The topological polar surface area (TPSA) is 76.9 Å². The van der Waals surface area contributed by atoms with Gasteiger partial charge in [-0.15, -0.1) is 0 Å². The van der Waals surface area contributed by atoms with Gasteiger partial charge in [-0.1, -0.05) is 0 Å². The van der Waals surface area contributed by atoms with E-state index < -0.39 is 44.0 Å². The lowest BCUT2D eigenvalue weighted by atomic mass is 10.1. The normalized spacial score (nSPS) is 12.2. The average Bonchev–Trinajstić information content (AvgIpc) is 3.10. The molecule has 0 unspecified atom stereocenters. The van der Waals surface area contributed by atoms with Gasteiger partial charge in [0.25, 0.3) is 10.0 Å². The van der Waals surface area contributed by atoms with Crippen LogP contribution in [0.5, 0.6) is 0 Å². The predicted molar refractivity (Wildman–Crippen MR) is 83.5 cm³/mol. The van der Waals surface area contributed by atoms with E-state index in [2.05, 4.69) is 10.1 Å². The number of rotatable bonds is 4. The Kier molecular flexibility index (Phi) is 4.59. The molecule has 3 rings (SSSR count). The largest absolute Gasteiger partial charge is 0.416 e. The van der Waals surface area contributed by atoms with Gasteiger partial charge < -0.3 is 0 Å². The van der Waals surface area contributed by atoms with Gasteiger partial charge in [0.15, 0.2) is 0 Å². The summed E-state index contributed by atoms with van der Waals surface area (Å²) in [6.45, 7) is 0. The van der Waals surface area contributed by atoms with E-state index in [1.807, 2.05) is 4.72 Å². The maximum Gasteiger partial charge on any atom is 0.416 e. The number of aromatic nitrogens is 3. The van der Waals surface area contributed by atoms with Crippen LogP contribution < -0.4 is 4.72 Å². The van der Waals surface area contributed by atoms with Crippen LogP contribution in [0.15, 0.2) is 53.9 Å². The molecule has 1 heterocycles. The number of halogens is 5. The average molecular weight is 404 g/mol. The minimum Gasteiger partial charge on any atom is -0.277 e. The molecule has 0 saturated heterocycles. The van der Waals surface area contributed by atoms with E-state index in [1.54, 1.807) is 0 Å². The Morgan fingerprint density at radius 2 is 1.78 bits per heavy atom. The summed E-state index contributed by atoms with van der Waals surface area (Å²) in [7, 11) is -4.74. The summed E-state index contributed by atoms with van der Waals surface area (Å²) in [6.07, 6.45) is -2.55. The zero-order valence-electron chi connectivity index (χ0n) is 13.1. The number of nitrogens with one attached hydrogen (secondary N) is 1. The summed E-state index contributed by atoms with van der Waals surface area (Å²) in [4.78, 5) is 2.58. The fourth-order valence-electron chi connectivity index (χ4n) is 2.21. The molecule has 142 valence electrons. The van der Waals surface area contributed by atoms with Gasteiger partial charge in [0.05, 0.1) is 16.9 Å². The first kappa shape index (κ1) is 18.8. The van der Waals surface area contributed by atoms with Gasteiger partial charge in [-0.05, 0) is 36.4 Å². The van der Waals surface area contributed by atoms with Crippen LogP contribution in [0.3, 0.4) is 0 Å². The smallest absolute Gasteiger partial charge is 0.277 e. The molecule has 1 N–H and O–H groups in total. The molecule has 0 atom stereocenters. The highest BCUT2D eigenvalue weighted by Gasteiger charge is 2.32. The molecular formula is C15H9F5N4O2S. The second-order valence-electron chi connectivity index (χ2n) is 5.25. The van der Waals surface area contributed by atoms with Crippen molar-refractivity contribution in [3.63, 3.8) is 0 Å². The monoisotopic (exact) mass is 404 g/mol. The summed E-state index contributed by atoms with van der Waals surface area (Å²) in [6, 6.07) is 3.93. The Hall–Kier alpha value is -3.02. The first-order valence-electron chi connectivity index (χ1n) is 7.12. The van der Waals surface area contributed by atoms with Crippen LogP contribution in [-0.4, -0.2) is 23.2 Å². The molecule has 3 aromatic rings. The van der Waals surface area contributed by atoms with Gasteiger partial charge >= 0.3 is 6.18 Å². The Labute approximate surface area is 149 Å². The van der Waals surface area contributed by atoms with Crippen LogP contribution >= 0.6 is 0 Å². The highest BCUT2D eigenvalue weighted by atomic mass is 32.2. The summed E-state index contributed by atoms with van der Waals surface area (Å²) < 4.78 is 93.8. The summed E-state index contributed by atoms with van der Waals surface area (Å²) >= 11 is 0. The van der Waals surface area contributed by atoms with E-state index in [-0.39, 0.29) is 5.69 Å². The number of alkyl halides is 3. The molecule has 2 aromatic carbocycles. The van der Waals surface area contributed by atoms with Gasteiger partial charge in [-0.2, -0.15) is 18.3 Å². The zero-order chi connectivity index (χ0) is 19.8. The van der Waals surface area contributed by atoms with E-state index in [1.165, 1.54) is 0 Å². The number of hydrogen-bond donors (Lipinski definition) is 1. The number of nitrogens with zero attached hydrogens (tertiary/aromatic N) is 3. The fourth-order valence-corrected chi connectivity index (χ4v) is 3.36. The predicted octanol–water partition coefficient (Wildman–Crippen LogP) is 3.37. The Balaban J connectivity index is 2.13. The van der Waals surface area contributed by atoms with Crippen molar-refractivity contribution in [2.24, 2.45) is 0 Å². The lowest BCUT2D eigenvalue weighted by Gasteiger charge is -2.15. The molecule has 6 nitrogen and oxygen atoms in total. The minimum absolute atomic E-state index is 0.0964. The van der Waals surface area contributed by atoms with E-state index >= 15 is 0 Å². The van der Waals surface area contributed by atoms with Gasteiger partial charge in [0.1, 0.15) is 29.2 Å². The quantitative estimate of drug-likeness (QED) is 0.677. The number of benzene rings is 2. The van der Waals surface area contributed by atoms with Crippen molar-refractivity contribution < 1.29 is 30.4 Å². The molecule has 0 aliphatic carbocycles. The third-order valence-electron chi connectivity index (χ3n) is 3.42. The van der Waals surface area contributed by atoms with Crippen LogP contribution in [0, 0.1) is 11.6 Å². The number of anilines is 1. The molecule has 1 aromatic heterocycles. The van der Waals surface area contributed by atoms with Crippen LogP contribution in [0.25, 0.3) is 5.69 Å². The van der Waals surface area contributed by atoms with Gasteiger partial charge in [0, 0.05) is 0 Å². The first-order valence-corrected chi connectivity index (χ1v) is 8.60. The third kappa shape index (κ3) is 3.89. The Morgan fingerprint density at radius 3 is 2.41 bits per heavy atom. The summed E-state index contributed by atoms with van der Waals surface area (Å²) in [5.74, 6) is -2.30. The molecule has 0 spiro atoms. The molecular weight excluding hydrogens is 395 g/mol. The molecule has 0 fully saturated rings. The van der Waals surface area contributed by atoms with Crippen molar-refractivity contribution in [2.45, 2.75) is 11.1 Å². The van der Waals surface area contributed by atoms with Gasteiger partial charge in [-0.25, -0.2) is 26.9 Å². The number of sulfonamides is 1. The molecule has 0 aliphatic rings. The highest BCUT2D eigenvalue weighted by molar-refractivity contribution is 7.92. The fraction of sp³-hybridized carbons (Fsp3) is 0.0667. The minimum atomic E-state index is -4.76. The molecule has 0 saturated carbocycles. The van der Waals surface area contributed by atoms with Gasteiger partial charge in [-0.3, -0.25) is 4.72 Å². The molecule has 27 heavy (non-hydrogen) atoms. The van der Waals surface area contributed by atoms with E-state index in [0.717, 1.165) is 29.5 Å². The number of hydrogen-bond acceptors (Lipinski definition) is 4. The molecule has 0 amide bonds. The van der Waals surface area contributed by atoms with Gasteiger partial charge in [0.2, 0.25) is 0 Å². The van der Waals surface area contributed by atoms with Crippen LogP contribution in [-0.2, 0) is 16.2 Å². The molecule has 0 bridgehead atoms. The SMILES string of the molecule is O=S(=O)(Nc1cc(C(F)(F)F)ccc1-n1cncn1)c1cc(F)ccc1F. The maximum absolute atomic E-state index is 13.8. The van der Waals surface area contributed by atoms with Crippen molar-refractivity contribution in [2.75, 3.05) is 4.72 Å². The van der Waals surface area contributed by atoms with Crippen molar-refractivity contribution in [1.82, 2.24) is 14.8 Å². The van der Waals surface area contributed by atoms with Crippen LogP contribution in [0.1, 0.15) is 5.56 Å². The van der Waals surface area contributed by atoms with Crippen molar-refractivity contribution in [3.8, 4) is 5.69 Å². The summed E-state index contributed by atoms with van der Waals surface area (Å²) in [5, 5.41) is 3.73. The Bertz CT molecular complexity index is 1080. The van der Waals surface area contributed by atoms with E-state index in [0.29, 0.717) is 24.3 Å². The Morgan fingerprint density at radius 1 is 1.04 bits per heavy atom.